The van der Waals surface area contributed by atoms with Gasteiger partial charge in [0.15, 0.2) is 0 Å². The lowest BCUT2D eigenvalue weighted by molar-refractivity contribution is -0.131. The van der Waals surface area contributed by atoms with Crippen molar-refractivity contribution in [2.75, 3.05) is 0 Å². The summed E-state index contributed by atoms with van der Waals surface area (Å²) in [6.45, 7) is 3.69. The topological polar surface area (TPSA) is 26.3 Å². The van der Waals surface area contributed by atoms with Gasteiger partial charge in [0.05, 0.1) is 0 Å². The first-order chi connectivity index (χ1) is 10.7. The Labute approximate surface area is 133 Å². The summed E-state index contributed by atoms with van der Waals surface area (Å²) in [6, 6.07) is 12.3. The van der Waals surface area contributed by atoms with E-state index >= 15 is 0 Å². The molecule has 2 nitrogen and oxygen atoms in total. The number of benzene rings is 2. The van der Waals surface area contributed by atoms with E-state index in [1.165, 1.54) is 51.0 Å². The Kier molecular flexibility index (Phi) is 6.45. The van der Waals surface area contributed by atoms with Gasteiger partial charge in [-0.3, -0.25) is 4.79 Å². The van der Waals surface area contributed by atoms with Gasteiger partial charge in [0, 0.05) is 12.3 Å². The van der Waals surface area contributed by atoms with E-state index in [-0.39, 0.29) is 5.97 Å². The lowest BCUT2D eigenvalue weighted by atomic mass is 10.0. The van der Waals surface area contributed by atoms with E-state index in [9.17, 15) is 4.79 Å². The van der Waals surface area contributed by atoms with Gasteiger partial charge in [0.2, 0.25) is 0 Å². The molecule has 2 aromatic rings. The SMILES string of the molecule is CCCCCCCCc1ccc2c(OC(C)=O)cccc2c1. The van der Waals surface area contributed by atoms with Gasteiger partial charge in [-0.05, 0) is 29.9 Å². The van der Waals surface area contributed by atoms with Crippen molar-refractivity contribution in [2.24, 2.45) is 0 Å². The van der Waals surface area contributed by atoms with Crippen LogP contribution in [0.2, 0.25) is 0 Å². The van der Waals surface area contributed by atoms with Crippen LogP contribution in [-0.2, 0) is 11.2 Å². The van der Waals surface area contributed by atoms with Gasteiger partial charge >= 0.3 is 5.97 Å². The van der Waals surface area contributed by atoms with Crippen molar-refractivity contribution in [1.82, 2.24) is 0 Å². The number of aryl methyl sites for hydroxylation is 1. The molecule has 0 amide bonds. The zero-order valence-corrected chi connectivity index (χ0v) is 13.7. The molecule has 118 valence electrons. The summed E-state index contributed by atoms with van der Waals surface area (Å²) in [7, 11) is 0. The summed E-state index contributed by atoms with van der Waals surface area (Å²) in [5, 5.41) is 2.15. The molecular weight excluding hydrogens is 272 g/mol. The molecule has 0 atom stereocenters. The van der Waals surface area contributed by atoms with Crippen molar-refractivity contribution in [3.8, 4) is 5.75 Å². The minimum atomic E-state index is -0.274. The van der Waals surface area contributed by atoms with Gasteiger partial charge in [-0.2, -0.15) is 0 Å². The van der Waals surface area contributed by atoms with Crippen LogP contribution in [0, 0.1) is 0 Å². The second-order valence-electron chi connectivity index (χ2n) is 5.92. The predicted octanol–water partition coefficient (Wildman–Crippen LogP) is 5.67. The van der Waals surface area contributed by atoms with E-state index in [0.29, 0.717) is 5.75 Å². The predicted molar refractivity (Wildman–Crippen MR) is 92.3 cm³/mol. The number of hydrogen-bond acceptors (Lipinski definition) is 2. The molecule has 22 heavy (non-hydrogen) atoms. The second-order valence-corrected chi connectivity index (χ2v) is 5.92. The third kappa shape index (κ3) is 4.87. The van der Waals surface area contributed by atoms with Gasteiger partial charge in [-0.1, -0.05) is 69.4 Å². The molecule has 0 N–H and O–H groups in total. The van der Waals surface area contributed by atoms with Crippen molar-refractivity contribution in [3.05, 3.63) is 42.0 Å². The standard InChI is InChI=1S/C20H26O2/c1-3-4-5-6-7-8-10-17-13-14-19-18(15-17)11-9-12-20(19)22-16(2)21/h9,11-15H,3-8,10H2,1-2H3. The van der Waals surface area contributed by atoms with Gasteiger partial charge in [-0.25, -0.2) is 0 Å². The van der Waals surface area contributed by atoms with Crippen LogP contribution in [0.1, 0.15) is 57.9 Å². The molecule has 0 saturated heterocycles. The fourth-order valence-corrected chi connectivity index (χ4v) is 2.81. The van der Waals surface area contributed by atoms with E-state index in [4.69, 9.17) is 4.74 Å². The molecular formula is C20H26O2. The van der Waals surface area contributed by atoms with Crippen LogP contribution in [0.25, 0.3) is 10.8 Å². The second kappa shape index (κ2) is 8.57. The number of unbranched alkanes of at least 4 members (excludes halogenated alkanes) is 5. The highest BCUT2D eigenvalue weighted by Gasteiger charge is 2.05. The fraction of sp³-hybridized carbons (Fsp3) is 0.450. The Bertz CT molecular complexity index is 616. The third-order valence-electron chi connectivity index (χ3n) is 3.98. The summed E-state index contributed by atoms with van der Waals surface area (Å²) in [4.78, 5) is 11.2. The number of carbonyl (C=O) groups is 1. The largest absolute Gasteiger partial charge is 0.426 e. The molecule has 0 spiro atoms. The molecule has 0 aliphatic heterocycles. The first kappa shape index (κ1) is 16.5. The molecule has 0 aromatic heterocycles. The van der Waals surface area contributed by atoms with Crippen LogP contribution < -0.4 is 4.74 Å². The Balaban J connectivity index is 1.97. The highest BCUT2D eigenvalue weighted by atomic mass is 16.5. The summed E-state index contributed by atoms with van der Waals surface area (Å²) in [5.41, 5.74) is 1.36. The summed E-state index contributed by atoms with van der Waals surface area (Å²) in [5.74, 6) is 0.375. The van der Waals surface area contributed by atoms with Crippen LogP contribution in [0.5, 0.6) is 5.75 Å². The van der Waals surface area contributed by atoms with E-state index < -0.39 is 0 Å². The first-order valence-corrected chi connectivity index (χ1v) is 8.41. The van der Waals surface area contributed by atoms with Crippen molar-refractivity contribution in [3.63, 3.8) is 0 Å². The molecule has 0 aliphatic carbocycles. The quantitative estimate of drug-likeness (QED) is 0.356. The van der Waals surface area contributed by atoms with Crippen LogP contribution in [-0.4, -0.2) is 5.97 Å². The maximum atomic E-state index is 11.2. The Hall–Kier alpha value is -1.83. The Morgan fingerprint density at radius 2 is 1.77 bits per heavy atom. The molecule has 0 radical (unpaired) electrons. The van der Waals surface area contributed by atoms with Gasteiger partial charge in [0.1, 0.15) is 5.75 Å². The lowest BCUT2D eigenvalue weighted by Gasteiger charge is -2.08. The zero-order valence-electron chi connectivity index (χ0n) is 13.7. The van der Waals surface area contributed by atoms with E-state index in [1.807, 2.05) is 12.1 Å². The molecule has 2 aromatic carbocycles. The van der Waals surface area contributed by atoms with E-state index in [1.54, 1.807) is 0 Å². The molecule has 2 rings (SSSR count). The van der Waals surface area contributed by atoms with Crippen molar-refractivity contribution in [2.45, 2.75) is 58.8 Å². The van der Waals surface area contributed by atoms with Crippen molar-refractivity contribution < 1.29 is 9.53 Å². The van der Waals surface area contributed by atoms with Crippen molar-refractivity contribution >= 4 is 16.7 Å². The van der Waals surface area contributed by atoms with Gasteiger partial charge in [-0.15, -0.1) is 0 Å². The monoisotopic (exact) mass is 298 g/mol. The number of carbonyl (C=O) groups excluding carboxylic acids is 1. The molecule has 2 heteroatoms. The van der Waals surface area contributed by atoms with Crippen LogP contribution in [0.4, 0.5) is 0 Å². The molecule has 0 aliphatic rings. The number of fused-ring (bicyclic) bond motifs is 1. The summed E-state index contributed by atoms with van der Waals surface area (Å²) < 4.78 is 5.26. The minimum absolute atomic E-state index is 0.274. The van der Waals surface area contributed by atoms with Crippen LogP contribution in [0.3, 0.4) is 0 Å². The zero-order chi connectivity index (χ0) is 15.8. The minimum Gasteiger partial charge on any atom is -0.426 e. The van der Waals surface area contributed by atoms with E-state index in [2.05, 4.69) is 31.2 Å². The highest BCUT2D eigenvalue weighted by Crippen LogP contribution is 2.27. The van der Waals surface area contributed by atoms with Crippen LogP contribution >= 0.6 is 0 Å². The number of hydrogen-bond donors (Lipinski definition) is 0. The fourth-order valence-electron chi connectivity index (χ4n) is 2.81. The summed E-state index contributed by atoms with van der Waals surface area (Å²) in [6.07, 6.45) is 9.05. The number of esters is 1. The maximum absolute atomic E-state index is 11.2. The molecule has 0 fully saturated rings. The Morgan fingerprint density at radius 1 is 1.00 bits per heavy atom. The summed E-state index contributed by atoms with van der Waals surface area (Å²) >= 11 is 0. The normalized spacial score (nSPS) is 10.8. The molecule has 0 saturated carbocycles. The maximum Gasteiger partial charge on any atom is 0.308 e. The number of rotatable bonds is 8. The first-order valence-electron chi connectivity index (χ1n) is 8.41. The van der Waals surface area contributed by atoms with Gasteiger partial charge in [0.25, 0.3) is 0 Å². The molecule has 0 unspecified atom stereocenters. The van der Waals surface area contributed by atoms with Crippen LogP contribution in [0.15, 0.2) is 36.4 Å². The van der Waals surface area contributed by atoms with E-state index in [0.717, 1.165) is 17.2 Å². The highest BCUT2D eigenvalue weighted by molar-refractivity contribution is 5.90. The smallest absolute Gasteiger partial charge is 0.308 e. The molecule has 0 heterocycles. The Morgan fingerprint density at radius 3 is 2.55 bits per heavy atom. The lowest BCUT2D eigenvalue weighted by Crippen LogP contribution is -2.01. The third-order valence-corrected chi connectivity index (χ3v) is 3.98. The molecule has 0 bridgehead atoms. The average molecular weight is 298 g/mol. The number of ether oxygens (including phenoxy) is 1. The van der Waals surface area contributed by atoms with Gasteiger partial charge < -0.3 is 4.74 Å². The van der Waals surface area contributed by atoms with Crippen molar-refractivity contribution in [1.29, 1.82) is 0 Å². The average Bonchev–Trinajstić information content (AvgIpc) is 2.50.